The third-order valence-electron chi connectivity index (χ3n) is 3.04. The number of hydrogen-bond acceptors (Lipinski definition) is 1. The molecule has 1 fully saturated rings. The van der Waals surface area contributed by atoms with E-state index in [1.807, 2.05) is 0 Å². The van der Waals surface area contributed by atoms with Gasteiger partial charge < -0.3 is 0 Å². The van der Waals surface area contributed by atoms with Crippen molar-refractivity contribution in [3.05, 3.63) is 12.7 Å². The van der Waals surface area contributed by atoms with Crippen LogP contribution in [0.2, 0.25) is 0 Å². The molecule has 0 aromatic carbocycles. The van der Waals surface area contributed by atoms with Gasteiger partial charge in [-0.25, -0.2) is 8.78 Å². The Morgan fingerprint density at radius 2 is 1.47 bits per heavy atom. The summed E-state index contributed by atoms with van der Waals surface area (Å²) in [6.45, 7) is 3.08. The number of rotatable bonds is 3. The highest BCUT2D eigenvalue weighted by Gasteiger charge is 2.61. The second-order valence-corrected chi connectivity index (χ2v) is 4.26. The lowest BCUT2D eigenvalue weighted by Crippen LogP contribution is -2.55. The number of hydrogen-bond donors (Lipinski definition) is 0. The largest absolute Gasteiger partial charge is 0.430 e. The van der Waals surface area contributed by atoms with Crippen LogP contribution in [0.4, 0.5) is 22.0 Å². The zero-order chi connectivity index (χ0) is 13.1. The summed E-state index contributed by atoms with van der Waals surface area (Å²) in [5.74, 6) is 0. The van der Waals surface area contributed by atoms with Gasteiger partial charge in [0.25, 0.3) is 5.67 Å². The summed E-state index contributed by atoms with van der Waals surface area (Å²) in [6.07, 6.45) is -5.12. The quantitative estimate of drug-likeness (QED) is 0.424. The Bertz CT molecular complexity index is 257. The van der Waals surface area contributed by atoms with Gasteiger partial charge in [0, 0.05) is 13.1 Å². The highest BCUT2D eigenvalue weighted by molar-refractivity contribution is 5.07. The maximum Gasteiger partial charge on any atom is 0.430 e. The highest BCUT2D eigenvalue weighted by atomic mass is 19.4. The van der Waals surface area contributed by atoms with Gasteiger partial charge in [-0.05, 0) is 18.9 Å². The summed E-state index contributed by atoms with van der Waals surface area (Å²) in [5.41, 5.74) is -3.99. The Morgan fingerprint density at radius 1 is 1.00 bits per heavy atom. The zero-order valence-electron chi connectivity index (χ0n) is 9.44. The van der Waals surface area contributed by atoms with Crippen molar-refractivity contribution in [2.75, 3.05) is 13.1 Å². The Morgan fingerprint density at radius 3 is 1.82 bits per heavy atom. The number of halogens is 5. The molecule has 0 bridgehead atoms. The molecule has 1 heterocycles. The Hall–Kier alpha value is -0.650. The first-order valence-corrected chi connectivity index (χ1v) is 5.60. The molecule has 0 aliphatic carbocycles. The molecule has 2 atom stereocenters. The lowest BCUT2D eigenvalue weighted by molar-refractivity contribution is -0.248. The predicted molar refractivity (Wildman–Crippen MR) is 55.0 cm³/mol. The average molecular weight is 257 g/mol. The zero-order valence-corrected chi connectivity index (χ0v) is 9.44. The van der Waals surface area contributed by atoms with E-state index in [1.54, 1.807) is 0 Å². The van der Waals surface area contributed by atoms with Crippen molar-refractivity contribution >= 4 is 0 Å². The fourth-order valence-electron chi connectivity index (χ4n) is 1.94. The molecule has 1 aliphatic heterocycles. The van der Waals surface area contributed by atoms with E-state index in [-0.39, 0.29) is 19.2 Å². The summed E-state index contributed by atoms with van der Waals surface area (Å²) in [6, 6.07) is 0. The first-order chi connectivity index (χ1) is 7.83. The van der Waals surface area contributed by atoms with Crippen LogP contribution in [-0.4, -0.2) is 36.1 Å². The van der Waals surface area contributed by atoms with Gasteiger partial charge >= 0.3 is 6.18 Å². The second kappa shape index (κ2) is 5.33. The highest BCUT2D eigenvalue weighted by Crippen LogP contribution is 2.40. The van der Waals surface area contributed by atoms with Gasteiger partial charge in [0.05, 0.1) is 0 Å². The maximum atomic E-state index is 13.8. The minimum Gasteiger partial charge on any atom is -0.271 e. The number of nitrogens with zero attached hydrogens (tertiary/aromatic N) is 1. The SMILES string of the molecule is C=CC(F)(C(F)N1CCCCCC1)C(F)(F)F. The van der Waals surface area contributed by atoms with Crippen LogP contribution in [0, 0.1) is 0 Å². The second-order valence-electron chi connectivity index (χ2n) is 4.26. The molecule has 1 nitrogen and oxygen atoms in total. The molecule has 0 saturated carbocycles. The molecule has 17 heavy (non-hydrogen) atoms. The van der Waals surface area contributed by atoms with Gasteiger partial charge in [0.2, 0.25) is 6.30 Å². The van der Waals surface area contributed by atoms with E-state index in [4.69, 9.17) is 0 Å². The van der Waals surface area contributed by atoms with Gasteiger partial charge in [0.1, 0.15) is 0 Å². The molecule has 0 spiro atoms. The van der Waals surface area contributed by atoms with E-state index in [9.17, 15) is 22.0 Å². The van der Waals surface area contributed by atoms with Crippen molar-refractivity contribution in [3.63, 3.8) is 0 Å². The van der Waals surface area contributed by atoms with Crippen LogP contribution in [0.1, 0.15) is 25.7 Å². The first-order valence-electron chi connectivity index (χ1n) is 5.60. The number of alkyl halides is 5. The molecular weight excluding hydrogens is 241 g/mol. The van der Waals surface area contributed by atoms with E-state index >= 15 is 0 Å². The number of likely N-dealkylation sites (tertiary alicyclic amines) is 1. The summed E-state index contributed by atoms with van der Waals surface area (Å²) >= 11 is 0. The standard InChI is InChI=1S/C11H16F5N/c1-2-10(13,11(14,15)16)9(12)17-7-5-3-4-6-8-17/h2,9H,1,3-8H2. The summed E-state index contributed by atoms with van der Waals surface area (Å²) in [7, 11) is 0. The molecule has 2 unspecified atom stereocenters. The van der Waals surface area contributed by atoms with E-state index < -0.39 is 18.1 Å². The van der Waals surface area contributed by atoms with Crippen molar-refractivity contribution in [2.24, 2.45) is 0 Å². The molecule has 0 N–H and O–H groups in total. The summed E-state index contributed by atoms with van der Waals surface area (Å²) < 4.78 is 64.9. The molecule has 0 aromatic rings. The Kier molecular flexibility index (Phi) is 4.52. The summed E-state index contributed by atoms with van der Waals surface area (Å²) in [4.78, 5) is 0.919. The Balaban J connectivity index is 2.84. The van der Waals surface area contributed by atoms with Crippen molar-refractivity contribution in [1.82, 2.24) is 4.90 Å². The fourth-order valence-corrected chi connectivity index (χ4v) is 1.94. The van der Waals surface area contributed by atoms with Gasteiger partial charge in [0.15, 0.2) is 0 Å². The molecular formula is C11H16F5N. The molecule has 1 rings (SSSR count). The summed E-state index contributed by atoms with van der Waals surface area (Å²) in [5, 5.41) is 0. The third kappa shape index (κ3) is 2.97. The molecule has 0 amide bonds. The predicted octanol–water partition coefficient (Wildman–Crippen LogP) is 3.61. The van der Waals surface area contributed by atoms with Crippen molar-refractivity contribution < 1.29 is 22.0 Å². The van der Waals surface area contributed by atoms with Gasteiger partial charge in [-0.15, -0.1) is 0 Å². The molecule has 0 aromatic heterocycles. The lowest BCUT2D eigenvalue weighted by atomic mass is 10.0. The van der Waals surface area contributed by atoms with Crippen LogP contribution in [0.3, 0.4) is 0 Å². The third-order valence-corrected chi connectivity index (χ3v) is 3.04. The topological polar surface area (TPSA) is 3.24 Å². The molecule has 6 heteroatoms. The van der Waals surface area contributed by atoms with Gasteiger partial charge in [-0.2, -0.15) is 13.2 Å². The van der Waals surface area contributed by atoms with Crippen molar-refractivity contribution in [2.45, 2.75) is 43.8 Å². The first kappa shape index (κ1) is 14.4. The van der Waals surface area contributed by atoms with Gasteiger partial charge in [-0.1, -0.05) is 19.4 Å². The smallest absolute Gasteiger partial charge is 0.271 e. The van der Waals surface area contributed by atoms with Gasteiger partial charge in [-0.3, -0.25) is 4.90 Å². The monoisotopic (exact) mass is 257 g/mol. The molecule has 100 valence electrons. The van der Waals surface area contributed by atoms with Crippen molar-refractivity contribution in [1.29, 1.82) is 0 Å². The fraction of sp³-hybridized carbons (Fsp3) is 0.818. The van der Waals surface area contributed by atoms with Crippen LogP contribution in [0.25, 0.3) is 0 Å². The minimum absolute atomic E-state index is 0.0164. The van der Waals surface area contributed by atoms with Crippen LogP contribution in [0.15, 0.2) is 12.7 Å². The van der Waals surface area contributed by atoms with E-state index in [0.29, 0.717) is 12.8 Å². The van der Waals surface area contributed by atoms with Crippen LogP contribution >= 0.6 is 0 Å². The van der Waals surface area contributed by atoms with Crippen LogP contribution in [-0.2, 0) is 0 Å². The normalized spacial score (nSPS) is 24.8. The van der Waals surface area contributed by atoms with E-state index in [0.717, 1.165) is 17.7 Å². The van der Waals surface area contributed by atoms with Crippen LogP contribution in [0.5, 0.6) is 0 Å². The van der Waals surface area contributed by atoms with E-state index in [1.165, 1.54) is 0 Å². The Labute approximate surface area is 97.3 Å². The molecule has 0 radical (unpaired) electrons. The lowest BCUT2D eigenvalue weighted by Gasteiger charge is -2.34. The van der Waals surface area contributed by atoms with Crippen molar-refractivity contribution in [3.8, 4) is 0 Å². The molecule has 1 saturated heterocycles. The van der Waals surface area contributed by atoms with Crippen LogP contribution < -0.4 is 0 Å². The average Bonchev–Trinajstić information content (AvgIpc) is 2.53. The van der Waals surface area contributed by atoms with E-state index in [2.05, 4.69) is 6.58 Å². The molecule has 1 aliphatic rings. The minimum atomic E-state index is -5.28. The maximum absolute atomic E-state index is 13.8.